The van der Waals surface area contributed by atoms with Crippen molar-refractivity contribution in [1.82, 2.24) is 0 Å². The second-order valence-electron chi connectivity index (χ2n) is 9.30. The van der Waals surface area contributed by atoms with Gasteiger partial charge in [0.15, 0.2) is 0 Å². The number of carbonyl (C=O) groups excluding carboxylic acids is 2. The third-order valence-electron chi connectivity index (χ3n) is 5.30. The summed E-state index contributed by atoms with van der Waals surface area (Å²) < 4.78 is 5.35. The summed E-state index contributed by atoms with van der Waals surface area (Å²) >= 11 is 0. The SMILES string of the molecule is CC(=O)[O-].CC(=O)[O-].COc1ccc(N=Cc2cc(C(C)C)ccc2O)c(N=Cc2cc(C(C)C)ccc2O)c1.[Co+2]. The van der Waals surface area contributed by atoms with E-state index >= 15 is 0 Å². The van der Waals surface area contributed by atoms with E-state index < -0.39 is 11.9 Å². The van der Waals surface area contributed by atoms with Gasteiger partial charge in [-0.2, -0.15) is 0 Å². The number of aromatic hydroxyl groups is 2. The molecule has 221 valence electrons. The number of carboxylic acids is 2. The predicted molar refractivity (Wildman–Crippen MR) is 153 cm³/mol. The van der Waals surface area contributed by atoms with Crippen molar-refractivity contribution in [1.29, 1.82) is 0 Å². The first kappa shape index (κ1) is 36.8. The number of nitrogens with zero attached hydrogens (tertiary/aromatic N) is 2. The van der Waals surface area contributed by atoms with Gasteiger partial charge in [0.2, 0.25) is 0 Å². The summed E-state index contributed by atoms with van der Waals surface area (Å²) in [7, 11) is 1.60. The Bertz CT molecular complexity index is 1330. The zero-order chi connectivity index (χ0) is 30.4. The molecule has 3 aromatic carbocycles. The van der Waals surface area contributed by atoms with E-state index in [0.717, 1.165) is 25.0 Å². The second-order valence-corrected chi connectivity index (χ2v) is 9.30. The molecule has 0 aromatic heterocycles. The molecular formula is C31H36CoN2O7. The Morgan fingerprint density at radius 2 is 1.12 bits per heavy atom. The first-order valence-electron chi connectivity index (χ1n) is 12.5. The topological polar surface area (TPSA) is 155 Å². The zero-order valence-corrected chi connectivity index (χ0v) is 25.2. The van der Waals surface area contributed by atoms with Crippen LogP contribution >= 0.6 is 0 Å². The zero-order valence-electron chi connectivity index (χ0n) is 24.2. The number of hydrogen-bond acceptors (Lipinski definition) is 9. The molecule has 0 atom stereocenters. The molecule has 0 amide bonds. The van der Waals surface area contributed by atoms with Crippen LogP contribution < -0.4 is 14.9 Å². The number of aliphatic imine (C=N–C) groups is 2. The molecule has 3 aromatic rings. The Hall–Kier alpha value is -4.15. The van der Waals surface area contributed by atoms with Crippen LogP contribution in [0.3, 0.4) is 0 Å². The Kier molecular flexibility index (Phi) is 16.4. The molecule has 0 aliphatic rings. The van der Waals surface area contributed by atoms with Crippen LogP contribution in [0, 0.1) is 0 Å². The van der Waals surface area contributed by atoms with E-state index in [0.29, 0.717) is 40.1 Å². The second kappa shape index (κ2) is 18.2. The van der Waals surface area contributed by atoms with E-state index in [-0.39, 0.29) is 28.3 Å². The third-order valence-corrected chi connectivity index (χ3v) is 5.30. The Labute approximate surface area is 251 Å². The van der Waals surface area contributed by atoms with Crippen molar-refractivity contribution in [3.63, 3.8) is 0 Å². The molecule has 0 aliphatic heterocycles. The summed E-state index contributed by atoms with van der Waals surface area (Å²) in [5.74, 6) is -0.484. The Morgan fingerprint density at radius 1 is 0.732 bits per heavy atom. The molecule has 3 rings (SSSR count). The molecule has 0 unspecified atom stereocenters. The van der Waals surface area contributed by atoms with Crippen LogP contribution in [0.1, 0.15) is 75.6 Å². The van der Waals surface area contributed by atoms with E-state index in [1.807, 2.05) is 36.4 Å². The number of carboxylic acid groups (broad SMARTS) is 2. The Balaban J connectivity index is 0.00000158. The molecule has 0 saturated carbocycles. The summed E-state index contributed by atoms with van der Waals surface area (Å²) in [6, 6.07) is 16.5. The number of phenols is 2. The molecule has 0 fully saturated rings. The number of carbonyl (C=O) groups is 2. The van der Waals surface area contributed by atoms with Crippen LogP contribution in [0.15, 0.2) is 64.6 Å². The van der Waals surface area contributed by atoms with Crippen molar-refractivity contribution in [2.24, 2.45) is 9.98 Å². The monoisotopic (exact) mass is 607 g/mol. The van der Waals surface area contributed by atoms with Crippen molar-refractivity contribution in [2.45, 2.75) is 53.4 Å². The number of phenolic OH excluding ortho intramolecular Hbond substituents is 2. The van der Waals surface area contributed by atoms with Gasteiger partial charge in [0, 0.05) is 41.6 Å². The number of rotatable bonds is 7. The molecule has 2 N–H and O–H groups in total. The minimum atomic E-state index is -1.08. The molecule has 0 saturated heterocycles. The minimum absolute atomic E-state index is 0. The molecule has 0 bridgehead atoms. The van der Waals surface area contributed by atoms with Gasteiger partial charge in [0.25, 0.3) is 0 Å². The van der Waals surface area contributed by atoms with Crippen molar-refractivity contribution in [3.8, 4) is 17.2 Å². The summed E-state index contributed by atoms with van der Waals surface area (Å²) in [6.45, 7) is 10.4. The largest absolute Gasteiger partial charge is 2.00 e. The van der Waals surface area contributed by atoms with E-state index in [1.54, 1.807) is 37.7 Å². The summed E-state index contributed by atoms with van der Waals surface area (Å²) in [5, 5.41) is 38.3. The van der Waals surface area contributed by atoms with Crippen molar-refractivity contribution in [2.75, 3.05) is 7.11 Å². The van der Waals surface area contributed by atoms with Gasteiger partial charge in [-0.15, -0.1) is 0 Å². The number of aliphatic carboxylic acids is 2. The van der Waals surface area contributed by atoms with Crippen LogP contribution in [-0.2, 0) is 26.4 Å². The van der Waals surface area contributed by atoms with Gasteiger partial charge < -0.3 is 34.8 Å². The maximum Gasteiger partial charge on any atom is 2.00 e. The molecule has 0 spiro atoms. The van der Waals surface area contributed by atoms with Crippen LogP contribution in [0.2, 0.25) is 0 Å². The molecule has 1 radical (unpaired) electrons. The van der Waals surface area contributed by atoms with Crippen molar-refractivity contribution < 1.29 is 51.5 Å². The van der Waals surface area contributed by atoms with E-state index in [2.05, 4.69) is 37.7 Å². The molecule has 0 aliphatic carbocycles. The van der Waals surface area contributed by atoms with Crippen LogP contribution in [0.5, 0.6) is 17.2 Å². The van der Waals surface area contributed by atoms with Gasteiger partial charge >= 0.3 is 16.8 Å². The predicted octanol–water partition coefficient (Wildman–Crippen LogP) is 4.36. The van der Waals surface area contributed by atoms with Crippen LogP contribution in [-0.4, -0.2) is 41.7 Å². The Morgan fingerprint density at radius 3 is 1.49 bits per heavy atom. The quantitative estimate of drug-likeness (QED) is 0.378. The average Bonchev–Trinajstić information content (AvgIpc) is 2.87. The fourth-order valence-electron chi connectivity index (χ4n) is 3.19. The van der Waals surface area contributed by atoms with E-state index in [9.17, 15) is 10.2 Å². The van der Waals surface area contributed by atoms with Crippen molar-refractivity contribution in [3.05, 3.63) is 76.9 Å². The smallest absolute Gasteiger partial charge is 0.550 e. The fraction of sp³-hybridized carbons (Fsp3) is 0.290. The fourth-order valence-corrected chi connectivity index (χ4v) is 3.19. The number of ether oxygens (including phenoxy) is 1. The van der Waals surface area contributed by atoms with E-state index in [4.69, 9.17) is 24.5 Å². The minimum Gasteiger partial charge on any atom is -0.550 e. The first-order chi connectivity index (χ1) is 18.7. The average molecular weight is 608 g/mol. The molecule has 9 nitrogen and oxygen atoms in total. The maximum atomic E-state index is 10.2. The van der Waals surface area contributed by atoms with Gasteiger partial charge in [0.1, 0.15) is 17.2 Å². The van der Waals surface area contributed by atoms with Crippen LogP contribution in [0.4, 0.5) is 11.4 Å². The summed E-state index contributed by atoms with van der Waals surface area (Å²) in [4.78, 5) is 26.9. The van der Waals surface area contributed by atoms with Crippen LogP contribution in [0.25, 0.3) is 0 Å². The number of methoxy groups -OCH3 is 1. The number of hydrogen-bond donors (Lipinski definition) is 2. The molecule has 10 heteroatoms. The number of benzene rings is 3. The van der Waals surface area contributed by atoms with Gasteiger partial charge in [-0.25, -0.2) is 0 Å². The van der Waals surface area contributed by atoms with Gasteiger partial charge in [-0.05, 0) is 73.2 Å². The van der Waals surface area contributed by atoms with E-state index in [1.165, 1.54) is 0 Å². The first-order valence-corrected chi connectivity index (χ1v) is 12.5. The summed E-state index contributed by atoms with van der Waals surface area (Å²) in [6.07, 6.45) is 3.27. The molecule has 41 heavy (non-hydrogen) atoms. The summed E-state index contributed by atoms with van der Waals surface area (Å²) in [5.41, 5.74) is 4.73. The van der Waals surface area contributed by atoms with Gasteiger partial charge in [0.05, 0.1) is 18.5 Å². The molecular weight excluding hydrogens is 571 g/mol. The van der Waals surface area contributed by atoms with Crippen molar-refractivity contribution >= 4 is 35.7 Å². The molecule has 0 heterocycles. The maximum absolute atomic E-state index is 10.2. The third kappa shape index (κ3) is 13.7. The van der Waals surface area contributed by atoms with Gasteiger partial charge in [-0.3, -0.25) is 9.98 Å². The normalized spacial score (nSPS) is 10.5. The van der Waals surface area contributed by atoms with Gasteiger partial charge in [-0.1, -0.05) is 39.8 Å². The standard InChI is InChI=1S/C27H30N2O3.2C2H4O2.Co/c1-17(2)19-6-10-26(30)21(12-19)15-28-24-9-8-23(32-5)14-25(24)29-16-22-13-20(18(3)4)7-11-27(22)31;2*1-2(3)4;/h6-18,30-31H,1-5H3;2*1H3,(H,3,4);/q;;;+2/p-2.